The molecule has 1 aromatic heterocycles. The summed E-state index contributed by atoms with van der Waals surface area (Å²) in [6.07, 6.45) is 0. The molecule has 0 aliphatic heterocycles. The first kappa shape index (κ1) is 26.2. The van der Waals surface area contributed by atoms with E-state index < -0.39 is 0 Å². The molecule has 0 amide bonds. The van der Waals surface area contributed by atoms with Crippen molar-refractivity contribution >= 4 is 43.1 Å². The van der Waals surface area contributed by atoms with Crippen LogP contribution in [0.3, 0.4) is 0 Å². The predicted molar refractivity (Wildman–Crippen MR) is 192 cm³/mol. The van der Waals surface area contributed by atoms with Crippen molar-refractivity contribution in [2.75, 3.05) is 0 Å². The van der Waals surface area contributed by atoms with Gasteiger partial charge >= 0.3 is 0 Å². The third-order valence-electron chi connectivity index (χ3n) is 8.86. The molecule has 1 heterocycles. The summed E-state index contributed by atoms with van der Waals surface area (Å²) in [4.78, 5) is 15.5. The predicted octanol–water partition coefficient (Wildman–Crippen LogP) is 11.2. The van der Waals surface area contributed by atoms with Crippen molar-refractivity contribution in [3.63, 3.8) is 0 Å². The molecular formula is C43H27N3. The normalized spacial score (nSPS) is 11.5. The number of hydrogen-bond acceptors (Lipinski definition) is 3. The zero-order valence-corrected chi connectivity index (χ0v) is 24.9. The Morgan fingerprint density at radius 1 is 0.261 bits per heavy atom. The largest absolute Gasteiger partial charge is 0.208 e. The van der Waals surface area contributed by atoms with Crippen LogP contribution in [-0.4, -0.2) is 15.0 Å². The molecule has 0 N–H and O–H groups in total. The second-order valence-electron chi connectivity index (χ2n) is 11.7. The zero-order valence-electron chi connectivity index (χ0n) is 24.9. The second kappa shape index (κ2) is 10.8. The topological polar surface area (TPSA) is 38.7 Å². The van der Waals surface area contributed by atoms with E-state index in [1.807, 2.05) is 18.2 Å². The maximum Gasteiger partial charge on any atom is 0.164 e. The van der Waals surface area contributed by atoms with E-state index in [1.54, 1.807) is 0 Å². The fraction of sp³-hybridized carbons (Fsp3) is 0. The summed E-state index contributed by atoms with van der Waals surface area (Å²) < 4.78 is 0. The average Bonchev–Trinajstić information content (AvgIpc) is 3.13. The van der Waals surface area contributed by atoms with Crippen molar-refractivity contribution in [1.29, 1.82) is 0 Å². The molecule has 0 saturated carbocycles. The Morgan fingerprint density at radius 3 is 1.57 bits per heavy atom. The van der Waals surface area contributed by atoms with Gasteiger partial charge in [-0.3, -0.25) is 0 Å². The van der Waals surface area contributed by atoms with Gasteiger partial charge in [0.05, 0.1) is 0 Å². The van der Waals surface area contributed by atoms with Crippen molar-refractivity contribution in [3.8, 4) is 45.3 Å². The van der Waals surface area contributed by atoms with Crippen LogP contribution >= 0.6 is 0 Å². The Hall–Kier alpha value is -6.19. The van der Waals surface area contributed by atoms with Gasteiger partial charge in [0.25, 0.3) is 0 Å². The Morgan fingerprint density at radius 2 is 0.804 bits per heavy atom. The molecule has 0 saturated heterocycles. The first-order chi connectivity index (χ1) is 22.8. The molecule has 8 aromatic carbocycles. The van der Waals surface area contributed by atoms with Gasteiger partial charge in [0, 0.05) is 16.7 Å². The molecule has 0 spiro atoms. The van der Waals surface area contributed by atoms with Gasteiger partial charge in [-0.15, -0.1) is 0 Å². The highest BCUT2D eigenvalue weighted by atomic mass is 15.0. The molecule has 0 radical (unpaired) electrons. The molecule has 214 valence electrons. The quantitative estimate of drug-likeness (QED) is 0.152. The monoisotopic (exact) mass is 585 g/mol. The minimum absolute atomic E-state index is 0.648. The van der Waals surface area contributed by atoms with Gasteiger partial charge in [0.1, 0.15) is 0 Å². The lowest BCUT2D eigenvalue weighted by Gasteiger charge is -2.15. The number of nitrogens with zero attached hydrogens (tertiary/aromatic N) is 3. The number of hydrogen-bond donors (Lipinski definition) is 0. The second-order valence-corrected chi connectivity index (χ2v) is 11.7. The van der Waals surface area contributed by atoms with Crippen molar-refractivity contribution in [2.45, 2.75) is 0 Å². The molecule has 3 nitrogen and oxygen atoms in total. The minimum Gasteiger partial charge on any atom is -0.208 e. The van der Waals surface area contributed by atoms with Gasteiger partial charge in [-0.25, -0.2) is 15.0 Å². The number of rotatable bonds is 4. The molecule has 46 heavy (non-hydrogen) atoms. The van der Waals surface area contributed by atoms with Crippen molar-refractivity contribution in [1.82, 2.24) is 15.0 Å². The maximum absolute atomic E-state index is 5.26. The molecule has 0 fully saturated rings. The molecular weight excluding hydrogens is 558 g/mol. The Balaban J connectivity index is 1.33. The summed E-state index contributed by atoms with van der Waals surface area (Å²) in [6.45, 7) is 0. The van der Waals surface area contributed by atoms with E-state index >= 15 is 0 Å². The van der Waals surface area contributed by atoms with Crippen LogP contribution in [0.4, 0.5) is 0 Å². The third-order valence-corrected chi connectivity index (χ3v) is 8.86. The van der Waals surface area contributed by atoms with E-state index in [1.165, 1.54) is 32.3 Å². The molecule has 9 aromatic rings. The molecule has 0 aliphatic carbocycles. The smallest absolute Gasteiger partial charge is 0.164 e. The van der Waals surface area contributed by atoms with E-state index in [0.29, 0.717) is 17.5 Å². The van der Waals surface area contributed by atoms with E-state index in [2.05, 4.69) is 146 Å². The lowest BCUT2D eigenvalue weighted by molar-refractivity contribution is 1.08. The van der Waals surface area contributed by atoms with Crippen LogP contribution in [0.15, 0.2) is 164 Å². The van der Waals surface area contributed by atoms with Crippen LogP contribution in [-0.2, 0) is 0 Å². The maximum atomic E-state index is 5.26. The summed E-state index contributed by atoms with van der Waals surface area (Å²) in [5.41, 5.74) is 5.11. The Kier molecular flexibility index (Phi) is 6.14. The van der Waals surface area contributed by atoms with Crippen LogP contribution in [0.25, 0.3) is 88.4 Å². The Bertz CT molecular complexity index is 2590. The van der Waals surface area contributed by atoms with Crippen molar-refractivity contribution < 1.29 is 0 Å². The first-order valence-corrected chi connectivity index (χ1v) is 15.5. The molecule has 0 atom stereocenters. The van der Waals surface area contributed by atoms with Gasteiger partial charge in [-0.1, -0.05) is 140 Å². The van der Waals surface area contributed by atoms with Crippen LogP contribution in [0.5, 0.6) is 0 Å². The van der Waals surface area contributed by atoms with E-state index in [-0.39, 0.29) is 0 Å². The highest BCUT2D eigenvalue weighted by Crippen LogP contribution is 2.38. The minimum atomic E-state index is 0.648. The van der Waals surface area contributed by atoms with Gasteiger partial charge in [0.15, 0.2) is 17.5 Å². The Labute approximate surface area is 266 Å². The molecule has 0 bridgehead atoms. The number of fused-ring (bicyclic) bond motifs is 5. The fourth-order valence-corrected chi connectivity index (χ4v) is 6.59. The molecule has 0 unspecified atom stereocenters. The fourth-order valence-electron chi connectivity index (χ4n) is 6.59. The average molecular weight is 586 g/mol. The van der Waals surface area contributed by atoms with Crippen LogP contribution < -0.4 is 0 Å². The number of benzene rings is 8. The summed E-state index contributed by atoms with van der Waals surface area (Å²) in [5.74, 6) is 1.95. The standard InChI is InChI=1S/C43H27N3/c1-2-13-29(14-3-1)41-44-42(37-21-11-10-19-35(37)34-23-22-28-12-4-5-15-30(28)24-34)46-43(45-41)40-27-33-18-8-9-20-36(33)38-25-31-16-6-7-17-32(31)26-39(38)40/h1-27H. The first-order valence-electron chi connectivity index (χ1n) is 15.5. The highest BCUT2D eigenvalue weighted by molar-refractivity contribution is 6.17. The SMILES string of the molecule is c1ccc(-c2nc(-c3ccccc3-c3ccc4ccccc4c3)nc(-c3cc4ccccc4c4cc5ccccc5cc34)n2)cc1. The number of aromatic nitrogens is 3. The van der Waals surface area contributed by atoms with Gasteiger partial charge < -0.3 is 0 Å². The summed E-state index contributed by atoms with van der Waals surface area (Å²) in [6, 6.07) is 57.6. The van der Waals surface area contributed by atoms with Gasteiger partial charge in [0.2, 0.25) is 0 Å². The van der Waals surface area contributed by atoms with Gasteiger partial charge in [-0.2, -0.15) is 0 Å². The van der Waals surface area contributed by atoms with E-state index in [4.69, 9.17) is 15.0 Å². The summed E-state index contributed by atoms with van der Waals surface area (Å²) >= 11 is 0. The summed E-state index contributed by atoms with van der Waals surface area (Å²) in [7, 11) is 0. The lowest BCUT2D eigenvalue weighted by Crippen LogP contribution is -2.01. The van der Waals surface area contributed by atoms with Crippen molar-refractivity contribution in [2.24, 2.45) is 0 Å². The van der Waals surface area contributed by atoms with Crippen molar-refractivity contribution in [3.05, 3.63) is 164 Å². The molecule has 0 aliphatic rings. The van der Waals surface area contributed by atoms with E-state index in [0.717, 1.165) is 38.6 Å². The molecule has 9 rings (SSSR count). The highest BCUT2D eigenvalue weighted by Gasteiger charge is 2.18. The van der Waals surface area contributed by atoms with Crippen LogP contribution in [0.1, 0.15) is 0 Å². The van der Waals surface area contributed by atoms with E-state index in [9.17, 15) is 0 Å². The van der Waals surface area contributed by atoms with Crippen LogP contribution in [0.2, 0.25) is 0 Å². The zero-order chi connectivity index (χ0) is 30.5. The van der Waals surface area contributed by atoms with Gasteiger partial charge in [-0.05, 0) is 78.5 Å². The molecule has 3 heteroatoms. The lowest BCUT2D eigenvalue weighted by atomic mass is 9.94. The third kappa shape index (κ3) is 4.49. The summed E-state index contributed by atoms with van der Waals surface area (Å²) in [5, 5.41) is 9.49. The van der Waals surface area contributed by atoms with Crippen LogP contribution in [0, 0.1) is 0 Å².